The van der Waals surface area contributed by atoms with Crippen LogP contribution in [0, 0.1) is 0 Å². The van der Waals surface area contributed by atoms with E-state index in [2.05, 4.69) is 26.3 Å². The minimum absolute atomic E-state index is 0.105. The van der Waals surface area contributed by atoms with Crippen LogP contribution in [0.25, 0.3) is 16.9 Å². The predicted octanol–water partition coefficient (Wildman–Crippen LogP) is 3.02. The van der Waals surface area contributed by atoms with Crippen LogP contribution in [0.15, 0.2) is 65.3 Å². The Bertz CT molecular complexity index is 829. The lowest BCUT2D eigenvalue weighted by molar-refractivity contribution is 0.0945. The Balaban J connectivity index is 2.06. The van der Waals surface area contributed by atoms with Gasteiger partial charge in [-0.1, -0.05) is 46.3 Å². The molecule has 0 aliphatic carbocycles. The van der Waals surface area contributed by atoms with Crippen LogP contribution in [0.4, 0.5) is 0 Å². The Kier molecular flexibility index (Phi) is 5.08. The smallest absolute Gasteiger partial charge is 0.255 e. The zero-order chi connectivity index (χ0) is 16.9. The molecule has 122 valence electrons. The van der Waals surface area contributed by atoms with Crippen LogP contribution < -0.4 is 5.32 Å². The number of benzene rings is 2. The van der Waals surface area contributed by atoms with Crippen LogP contribution in [0.2, 0.25) is 0 Å². The van der Waals surface area contributed by atoms with Gasteiger partial charge in [0.1, 0.15) is 5.69 Å². The van der Waals surface area contributed by atoms with Crippen molar-refractivity contribution < 1.29 is 9.90 Å². The van der Waals surface area contributed by atoms with E-state index in [1.807, 2.05) is 54.6 Å². The van der Waals surface area contributed by atoms with E-state index in [0.717, 1.165) is 15.7 Å². The van der Waals surface area contributed by atoms with E-state index in [1.165, 1.54) is 0 Å². The van der Waals surface area contributed by atoms with Crippen molar-refractivity contribution in [1.82, 2.24) is 15.1 Å². The summed E-state index contributed by atoms with van der Waals surface area (Å²) < 4.78 is 2.64. The Morgan fingerprint density at radius 2 is 1.83 bits per heavy atom. The number of hydrogen-bond donors (Lipinski definition) is 2. The zero-order valence-corrected chi connectivity index (χ0v) is 14.4. The number of amides is 1. The first-order valence-electron chi connectivity index (χ1n) is 7.49. The molecule has 0 atom stereocenters. The third-order valence-corrected chi connectivity index (χ3v) is 4.02. The molecule has 1 aromatic heterocycles. The second-order valence-electron chi connectivity index (χ2n) is 5.16. The summed E-state index contributed by atoms with van der Waals surface area (Å²) in [5.74, 6) is -0.260. The lowest BCUT2D eigenvalue weighted by atomic mass is 10.1. The Morgan fingerprint density at radius 3 is 2.50 bits per heavy atom. The lowest BCUT2D eigenvalue weighted by Crippen LogP contribution is -2.26. The van der Waals surface area contributed by atoms with E-state index in [-0.39, 0.29) is 19.1 Å². The van der Waals surface area contributed by atoms with Crippen molar-refractivity contribution in [2.24, 2.45) is 0 Å². The van der Waals surface area contributed by atoms with Gasteiger partial charge >= 0.3 is 0 Å². The van der Waals surface area contributed by atoms with Gasteiger partial charge < -0.3 is 10.4 Å². The normalized spacial score (nSPS) is 10.6. The minimum Gasteiger partial charge on any atom is -0.395 e. The standard InChI is InChI=1S/C18H16BrN3O2/c19-14-8-6-13(7-9-14)17-16(18(24)20-10-11-23)12-22(21-17)15-4-2-1-3-5-15/h1-9,12,23H,10-11H2,(H,20,24). The van der Waals surface area contributed by atoms with Gasteiger partial charge in [0.2, 0.25) is 0 Å². The molecule has 24 heavy (non-hydrogen) atoms. The Labute approximate surface area is 148 Å². The molecule has 1 heterocycles. The number of aromatic nitrogens is 2. The summed E-state index contributed by atoms with van der Waals surface area (Å²) in [5.41, 5.74) is 2.79. The number of halogens is 1. The van der Waals surface area contributed by atoms with Gasteiger partial charge in [-0.25, -0.2) is 4.68 Å². The molecule has 3 aromatic rings. The molecule has 6 heteroatoms. The monoisotopic (exact) mass is 385 g/mol. The van der Waals surface area contributed by atoms with Gasteiger partial charge in [0, 0.05) is 22.8 Å². The first-order valence-corrected chi connectivity index (χ1v) is 8.28. The van der Waals surface area contributed by atoms with Crippen molar-refractivity contribution >= 4 is 21.8 Å². The highest BCUT2D eigenvalue weighted by molar-refractivity contribution is 9.10. The van der Waals surface area contributed by atoms with E-state index in [4.69, 9.17) is 5.11 Å². The number of aliphatic hydroxyl groups is 1. The molecule has 2 N–H and O–H groups in total. The van der Waals surface area contributed by atoms with Gasteiger partial charge in [0.05, 0.1) is 17.9 Å². The number of para-hydroxylation sites is 1. The maximum Gasteiger partial charge on any atom is 0.255 e. The van der Waals surface area contributed by atoms with Gasteiger partial charge in [0.15, 0.2) is 0 Å². The van der Waals surface area contributed by atoms with E-state index in [9.17, 15) is 4.79 Å². The van der Waals surface area contributed by atoms with Crippen molar-refractivity contribution in [2.75, 3.05) is 13.2 Å². The summed E-state index contributed by atoms with van der Waals surface area (Å²) in [5, 5.41) is 16.2. The van der Waals surface area contributed by atoms with Crippen LogP contribution in [0.3, 0.4) is 0 Å². The molecular weight excluding hydrogens is 370 g/mol. The number of nitrogens with zero attached hydrogens (tertiary/aromatic N) is 2. The molecule has 3 rings (SSSR count). The number of hydrogen-bond acceptors (Lipinski definition) is 3. The average Bonchev–Trinajstić information content (AvgIpc) is 3.06. The molecule has 5 nitrogen and oxygen atoms in total. The summed E-state index contributed by atoms with van der Waals surface area (Å²) >= 11 is 3.41. The minimum atomic E-state index is -0.260. The third-order valence-electron chi connectivity index (χ3n) is 3.49. The van der Waals surface area contributed by atoms with Gasteiger partial charge in [-0.2, -0.15) is 5.10 Å². The molecule has 0 saturated heterocycles. The highest BCUT2D eigenvalue weighted by Gasteiger charge is 2.18. The van der Waals surface area contributed by atoms with Gasteiger partial charge in [-0.3, -0.25) is 4.79 Å². The maximum absolute atomic E-state index is 12.4. The fraction of sp³-hybridized carbons (Fsp3) is 0.111. The molecule has 0 aliphatic heterocycles. The van der Waals surface area contributed by atoms with E-state index in [1.54, 1.807) is 10.9 Å². The Hall–Kier alpha value is -2.44. The number of rotatable bonds is 5. The van der Waals surface area contributed by atoms with Crippen LogP contribution in [0.1, 0.15) is 10.4 Å². The molecule has 2 aromatic carbocycles. The zero-order valence-electron chi connectivity index (χ0n) is 12.8. The highest BCUT2D eigenvalue weighted by atomic mass is 79.9. The summed E-state index contributed by atoms with van der Waals surface area (Å²) in [4.78, 5) is 12.4. The number of carbonyl (C=O) groups excluding carboxylic acids is 1. The van der Waals surface area contributed by atoms with Gasteiger partial charge in [-0.05, 0) is 24.3 Å². The second kappa shape index (κ2) is 7.42. The molecule has 0 unspecified atom stereocenters. The van der Waals surface area contributed by atoms with Crippen molar-refractivity contribution in [3.05, 3.63) is 70.8 Å². The van der Waals surface area contributed by atoms with Crippen molar-refractivity contribution in [3.8, 4) is 16.9 Å². The topological polar surface area (TPSA) is 67.2 Å². The molecule has 1 amide bonds. The van der Waals surface area contributed by atoms with Gasteiger partial charge in [-0.15, -0.1) is 0 Å². The summed E-state index contributed by atoms with van der Waals surface area (Å²) in [7, 11) is 0. The van der Waals surface area contributed by atoms with Crippen molar-refractivity contribution in [1.29, 1.82) is 0 Å². The quantitative estimate of drug-likeness (QED) is 0.709. The van der Waals surface area contributed by atoms with E-state index in [0.29, 0.717) is 11.3 Å². The summed E-state index contributed by atoms with van der Waals surface area (Å²) in [6, 6.07) is 17.2. The molecule has 0 bridgehead atoms. The maximum atomic E-state index is 12.4. The number of aliphatic hydroxyl groups excluding tert-OH is 1. The molecule has 0 fully saturated rings. The first-order chi connectivity index (χ1) is 11.7. The third kappa shape index (κ3) is 3.55. The van der Waals surface area contributed by atoms with Crippen LogP contribution in [0.5, 0.6) is 0 Å². The predicted molar refractivity (Wildman–Crippen MR) is 96.1 cm³/mol. The molecule has 0 spiro atoms. The van der Waals surface area contributed by atoms with Crippen molar-refractivity contribution in [3.63, 3.8) is 0 Å². The average molecular weight is 386 g/mol. The highest BCUT2D eigenvalue weighted by Crippen LogP contribution is 2.25. The first kappa shape index (κ1) is 16.4. The lowest BCUT2D eigenvalue weighted by Gasteiger charge is -2.03. The van der Waals surface area contributed by atoms with E-state index >= 15 is 0 Å². The SMILES string of the molecule is O=C(NCCO)c1cn(-c2ccccc2)nc1-c1ccc(Br)cc1. The van der Waals surface area contributed by atoms with Crippen LogP contribution >= 0.6 is 15.9 Å². The second-order valence-corrected chi connectivity index (χ2v) is 6.07. The fourth-order valence-electron chi connectivity index (χ4n) is 2.34. The van der Waals surface area contributed by atoms with Crippen molar-refractivity contribution in [2.45, 2.75) is 0 Å². The number of nitrogens with one attached hydrogen (secondary N) is 1. The summed E-state index contributed by atoms with van der Waals surface area (Å²) in [6.45, 7) is 0.0985. The number of carbonyl (C=O) groups is 1. The summed E-state index contributed by atoms with van der Waals surface area (Å²) in [6.07, 6.45) is 1.71. The van der Waals surface area contributed by atoms with E-state index < -0.39 is 0 Å². The molecule has 0 radical (unpaired) electrons. The van der Waals surface area contributed by atoms with Crippen LogP contribution in [-0.2, 0) is 0 Å². The largest absolute Gasteiger partial charge is 0.395 e. The van der Waals surface area contributed by atoms with Crippen LogP contribution in [-0.4, -0.2) is 33.9 Å². The Morgan fingerprint density at radius 1 is 1.12 bits per heavy atom. The fourth-order valence-corrected chi connectivity index (χ4v) is 2.60. The molecular formula is C18H16BrN3O2. The molecule has 0 saturated carbocycles. The molecule has 0 aliphatic rings. The van der Waals surface area contributed by atoms with Gasteiger partial charge in [0.25, 0.3) is 5.91 Å².